The van der Waals surface area contributed by atoms with Crippen molar-refractivity contribution in [2.75, 3.05) is 10.6 Å². The Morgan fingerprint density at radius 2 is 1.57 bits per heavy atom. The van der Waals surface area contributed by atoms with E-state index in [-0.39, 0.29) is 18.2 Å². The summed E-state index contributed by atoms with van der Waals surface area (Å²) in [5, 5.41) is 6.03. The number of rotatable bonds is 4. The van der Waals surface area contributed by atoms with Gasteiger partial charge < -0.3 is 10.6 Å². The summed E-state index contributed by atoms with van der Waals surface area (Å²) in [5.74, 6) is -0.728. The molecule has 182 valence electrons. The number of Topliss-reactive ketones (excluding diaryl/α,β-unsaturated/α-hetero) is 1. The maximum absolute atomic E-state index is 13.7. The van der Waals surface area contributed by atoms with Gasteiger partial charge in [-0.3, -0.25) is 23.9 Å². The van der Waals surface area contributed by atoms with Crippen LogP contribution in [-0.4, -0.2) is 21.2 Å². The molecule has 2 heterocycles. The zero-order valence-corrected chi connectivity index (χ0v) is 19.9. The quantitative estimate of drug-likeness (QED) is 0.404. The molecule has 0 saturated carbocycles. The first kappa shape index (κ1) is 22.5. The Kier molecular flexibility index (Phi) is 5.22. The van der Waals surface area contributed by atoms with Gasteiger partial charge in [0, 0.05) is 35.2 Å². The molecule has 4 aromatic rings. The van der Waals surface area contributed by atoms with E-state index in [1.54, 1.807) is 36.4 Å². The highest BCUT2D eigenvalue weighted by molar-refractivity contribution is 6.23. The fourth-order valence-corrected chi connectivity index (χ4v) is 5.18. The molecule has 1 unspecified atom stereocenters. The number of aromatic nitrogens is 2. The SMILES string of the molecule is CC(=O)Nc1ccc(C2C3=C(Nc4c2c(=O)[nH]c(=O)n4Cc2ccccc2)c2ccccc2C3=O)cc1. The molecule has 8 nitrogen and oxygen atoms in total. The van der Waals surface area contributed by atoms with Crippen LogP contribution in [0.5, 0.6) is 0 Å². The number of benzene rings is 3. The van der Waals surface area contributed by atoms with Crippen LogP contribution < -0.4 is 21.9 Å². The number of nitrogens with zero attached hydrogens (tertiary/aromatic N) is 1. The van der Waals surface area contributed by atoms with E-state index in [9.17, 15) is 19.2 Å². The second-order valence-electron chi connectivity index (χ2n) is 9.12. The minimum Gasteiger partial charge on any atom is -0.340 e. The number of carbonyl (C=O) groups is 2. The number of nitrogens with one attached hydrogen (secondary N) is 3. The first-order chi connectivity index (χ1) is 17.9. The second-order valence-corrected chi connectivity index (χ2v) is 9.12. The Hall–Kier alpha value is -4.98. The normalized spacial score (nSPS) is 15.5. The molecule has 0 bridgehead atoms. The van der Waals surface area contributed by atoms with Gasteiger partial charge in [-0.05, 0) is 23.3 Å². The lowest BCUT2D eigenvalue weighted by Gasteiger charge is -2.30. The molecular formula is C29H22N4O4. The maximum Gasteiger partial charge on any atom is 0.330 e. The van der Waals surface area contributed by atoms with E-state index in [1.165, 1.54) is 11.5 Å². The highest BCUT2D eigenvalue weighted by Crippen LogP contribution is 2.48. The largest absolute Gasteiger partial charge is 0.340 e. The van der Waals surface area contributed by atoms with Crippen molar-refractivity contribution >= 4 is 28.9 Å². The minimum absolute atomic E-state index is 0.167. The fourth-order valence-electron chi connectivity index (χ4n) is 5.18. The van der Waals surface area contributed by atoms with Crippen LogP contribution in [0.4, 0.5) is 11.5 Å². The van der Waals surface area contributed by atoms with Crippen molar-refractivity contribution in [1.29, 1.82) is 0 Å². The highest BCUT2D eigenvalue weighted by atomic mass is 16.2. The monoisotopic (exact) mass is 490 g/mol. The number of carbonyl (C=O) groups excluding carboxylic acids is 2. The number of ketones is 1. The van der Waals surface area contributed by atoms with Crippen LogP contribution >= 0.6 is 0 Å². The third-order valence-corrected chi connectivity index (χ3v) is 6.76. The van der Waals surface area contributed by atoms with Crippen LogP contribution in [0.15, 0.2) is 94.0 Å². The molecule has 0 radical (unpaired) electrons. The summed E-state index contributed by atoms with van der Waals surface area (Å²) in [7, 11) is 0. The lowest BCUT2D eigenvalue weighted by molar-refractivity contribution is -0.114. The summed E-state index contributed by atoms with van der Waals surface area (Å²) in [6, 6.07) is 23.8. The summed E-state index contributed by atoms with van der Waals surface area (Å²) in [5.41, 5.74) is 3.71. The van der Waals surface area contributed by atoms with Crippen LogP contribution in [-0.2, 0) is 11.3 Å². The van der Waals surface area contributed by atoms with E-state index < -0.39 is 17.2 Å². The Balaban J connectivity index is 1.59. The fraction of sp³-hybridized carbons (Fsp3) is 0.103. The molecule has 3 aromatic carbocycles. The van der Waals surface area contributed by atoms with E-state index in [0.29, 0.717) is 39.5 Å². The molecule has 0 fully saturated rings. The van der Waals surface area contributed by atoms with Gasteiger partial charge in [0.15, 0.2) is 5.78 Å². The Labute approximate surface area is 211 Å². The van der Waals surface area contributed by atoms with Crippen molar-refractivity contribution in [2.45, 2.75) is 19.4 Å². The van der Waals surface area contributed by atoms with Crippen molar-refractivity contribution < 1.29 is 9.59 Å². The molecule has 1 aromatic heterocycles. The van der Waals surface area contributed by atoms with Crippen molar-refractivity contribution in [3.8, 4) is 0 Å². The topological polar surface area (TPSA) is 113 Å². The van der Waals surface area contributed by atoms with Crippen LogP contribution in [0.2, 0.25) is 0 Å². The molecule has 1 aliphatic carbocycles. The molecule has 0 spiro atoms. The molecule has 8 heteroatoms. The van der Waals surface area contributed by atoms with Gasteiger partial charge in [-0.1, -0.05) is 66.7 Å². The first-order valence-corrected chi connectivity index (χ1v) is 11.9. The number of hydrogen-bond donors (Lipinski definition) is 3. The number of H-pyrrole nitrogens is 1. The number of hydrogen-bond acceptors (Lipinski definition) is 5. The van der Waals surface area contributed by atoms with Gasteiger partial charge in [0.25, 0.3) is 5.56 Å². The average molecular weight is 491 g/mol. The van der Waals surface area contributed by atoms with Crippen molar-refractivity contribution in [3.63, 3.8) is 0 Å². The number of aromatic amines is 1. The lowest BCUT2D eigenvalue weighted by atomic mass is 9.81. The molecule has 6 rings (SSSR count). The lowest BCUT2D eigenvalue weighted by Crippen LogP contribution is -2.38. The van der Waals surface area contributed by atoms with Gasteiger partial charge in [0.2, 0.25) is 5.91 Å². The molecule has 1 atom stereocenters. The minimum atomic E-state index is -0.719. The number of anilines is 2. The molecule has 1 aliphatic heterocycles. The summed E-state index contributed by atoms with van der Waals surface area (Å²) in [6.45, 7) is 1.66. The number of amides is 1. The predicted molar refractivity (Wildman–Crippen MR) is 141 cm³/mol. The molecule has 37 heavy (non-hydrogen) atoms. The van der Waals surface area contributed by atoms with Gasteiger partial charge >= 0.3 is 5.69 Å². The Morgan fingerprint density at radius 3 is 2.27 bits per heavy atom. The van der Waals surface area contributed by atoms with Crippen molar-refractivity contribution in [3.05, 3.63) is 133 Å². The van der Waals surface area contributed by atoms with Gasteiger partial charge in [-0.25, -0.2) is 4.79 Å². The Morgan fingerprint density at radius 1 is 0.892 bits per heavy atom. The molecule has 0 saturated heterocycles. The maximum atomic E-state index is 13.7. The third-order valence-electron chi connectivity index (χ3n) is 6.76. The van der Waals surface area contributed by atoms with E-state index in [4.69, 9.17) is 0 Å². The van der Waals surface area contributed by atoms with Crippen LogP contribution in [0, 0.1) is 0 Å². The standard InChI is InChI=1S/C29H22N4O4/c1-16(34)30-19-13-11-18(12-14-19)22-23-25(20-9-5-6-10-21(20)26(23)35)31-27-24(22)28(36)32-29(37)33(27)15-17-7-3-2-4-8-17/h2-14,22,31H,15H2,1H3,(H,30,34)(H,32,36,37). The van der Waals surface area contributed by atoms with Gasteiger partial charge in [-0.15, -0.1) is 0 Å². The third kappa shape index (κ3) is 3.70. The van der Waals surface area contributed by atoms with E-state index >= 15 is 0 Å². The van der Waals surface area contributed by atoms with Crippen molar-refractivity contribution in [1.82, 2.24) is 9.55 Å². The first-order valence-electron chi connectivity index (χ1n) is 11.9. The van der Waals surface area contributed by atoms with Crippen LogP contribution in [0.25, 0.3) is 5.70 Å². The van der Waals surface area contributed by atoms with Crippen molar-refractivity contribution in [2.24, 2.45) is 0 Å². The van der Waals surface area contributed by atoms with Gasteiger partial charge in [0.1, 0.15) is 5.82 Å². The summed E-state index contributed by atoms with van der Waals surface area (Å²) >= 11 is 0. The average Bonchev–Trinajstić information content (AvgIpc) is 3.18. The number of allylic oxidation sites excluding steroid dienone is 1. The van der Waals surface area contributed by atoms with Gasteiger partial charge in [-0.2, -0.15) is 0 Å². The van der Waals surface area contributed by atoms with E-state index in [1.807, 2.05) is 42.5 Å². The molecule has 1 amide bonds. The molecule has 2 aliphatic rings. The van der Waals surface area contributed by atoms with E-state index in [2.05, 4.69) is 15.6 Å². The number of fused-ring (bicyclic) bond motifs is 3. The summed E-state index contributed by atoms with van der Waals surface area (Å²) in [6.07, 6.45) is 0. The summed E-state index contributed by atoms with van der Waals surface area (Å²) in [4.78, 5) is 54.0. The smallest absolute Gasteiger partial charge is 0.330 e. The van der Waals surface area contributed by atoms with Gasteiger partial charge in [0.05, 0.1) is 17.8 Å². The van der Waals surface area contributed by atoms with E-state index in [0.717, 1.165) is 11.1 Å². The molecule has 3 N–H and O–H groups in total. The van der Waals surface area contributed by atoms with Crippen LogP contribution in [0.3, 0.4) is 0 Å². The molecular weight excluding hydrogens is 468 g/mol. The predicted octanol–water partition coefficient (Wildman–Crippen LogP) is 3.71. The zero-order valence-electron chi connectivity index (χ0n) is 19.9. The summed E-state index contributed by atoms with van der Waals surface area (Å²) < 4.78 is 1.50. The zero-order chi connectivity index (χ0) is 25.7. The Bertz CT molecular complexity index is 1730. The van der Waals surface area contributed by atoms with Crippen LogP contribution in [0.1, 0.15) is 45.5 Å². The highest BCUT2D eigenvalue weighted by Gasteiger charge is 2.42. The second kappa shape index (κ2) is 8.60.